The summed E-state index contributed by atoms with van der Waals surface area (Å²) in [4.78, 5) is 2.74. The van der Waals surface area contributed by atoms with E-state index in [1.165, 1.54) is 64.5 Å². The van der Waals surface area contributed by atoms with Crippen LogP contribution in [-0.4, -0.2) is 30.1 Å². The van der Waals surface area contributed by atoms with Crippen molar-refractivity contribution < 1.29 is 0 Å². The van der Waals surface area contributed by atoms with Gasteiger partial charge in [0, 0.05) is 12.1 Å². The van der Waals surface area contributed by atoms with E-state index in [9.17, 15) is 0 Å². The van der Waals surface area contributed by atoms with Gasteiger partial charge in [-0.1, -0.05) is 47.0 Å². The van der Waals surface area contributed by atoms with Gasteiger partial charge < -0.3 is 5.73 Å². The summed E-state index contributed by atoms with van der Waals surface area (Å²) in [7, 11) is 0. The van der Waals surface area contributed by atoms with E-state index >= 15 is 0 Å². The number of hydrogen-bond acceptors (Lipinski definition) is 2. The molecule has 2 aliphatic rings. The minimum Gasteiger partial charge on any atom is -0.326 e. The zero-order valence-corrected chi connectivity index (χ0v) is 14.9. The Morgan fingerprint density at radius 2 is 1.71 bits per heavy atom. The lowest BCUT2D eigenvalue weighted by molar-refractivity contribution is 0.0399. The van der Waals surface area contributed by atoms with Crippen molar-refractivity contribution in [3.05, 3.63) is 0 Å². The number of hydrogen-bond donors (Lipinski definition) is 1. The first-order valence-electron chi connectivity index (χ1n) is 9.47. The van der Waals surface area contributed by atoms with Crippen molar-refractivity contribution in [1.29, 1.82) is 0 Å². The normalized spacial score (nSPS) is 33.3. The topological polar surface area (TPSA) is 29.3 Å². The van der Waals surface area contributed by atoms with Gasteiger partial charge in [0.25, 0.3) is 0 Å². The average molecular weight is 295 g/mol. The Hall–Kier alpha value is -0.0800. The standard InChI is InChI=1S/C19H38N2/c1-5-7-15-10-12-21(13-11-15)18-14-16(8-9-17(18)20)19(3,4)6-2/h15-18H,5-14,20H2,1-4H3. The predicted octanol–water partition coefficient (Wildman–Crippen LogP) is 4.43. The molecule has 0 amide bonds. The number of nitrogens with two attached hydrogens (primary N) is 1. The average Bonchev–Trinajstić information content (AvgIpc) is 2.49. The third-order valence-corrected chi connectivity index (χ3v) is 6.70. The van der Waals surface area contributed by atoms with Gasteiger partial charge in [-0.3, -0.25) is 4.90 Å². The Morgan fingerprint density at radius 3 is 2.29 bits per heavy atom. The Morgan fingerprint density at radius 1 is 1.05 bits per heavy atom. The summed E-state index contributed by atoms with van der Waals surface area (Å²) < 4.78 is 0. The van der Waals surface area contributed by atoms with Gasteiger partial charge in [-0.15, -0.1) is 0 Å². The molecule has 0 aromatic heterocycles. The largest absolute Gasteiger partial charge is 0.326 e. The Bertz CT molecular complexity index is 305. The summed E-state index contributed by atoms with van der Waals surface area (Å²) >= 11 is 0. The first kappa shape index (κ1) is 17.3. The molecular formula is C19H38N2. The molecule has 2 rings (SSSR count). The van der Waals surface area contributed by atoms with Crippen molar-refractivity contribution >= 4 is 0 Å². The van der Waals surface area contributed by atoms with Crippen LogP contribution in [-0.2, 0) is 0 Å². The van der Waals surface area contributed by atoms with Crippen LogP contribution in [0.2, 0.25) is 0 Å². The van der Waals surface area contributed by atoms with Crippen molar-refractivity contribution in [2.75, 3.05) is 13.1 Å². The molecule has 3 atom stereocenters. The van der Waals surface area contributed by atoms with Gasteiger partial charge in [-0.25, -0.2) is 0 Å². The monoisotopic (exact) mass is 294 g/mol. The van der Waals surface area contributed by atoms with Gasteiger partial charge in [0.2, 0.25) is 0 Å². The van der Waals surface area contributed by atoms with Crippen molar-refractivity contribution in [2.45, 2.75) is 91.1 Å². The lowest BCUT2D eigenvalue weighted by atomic mass is 9.67. The summed E-state index contributed by atoms with van der Waals surface area (Å²) in [6.07, 6.45) is 10.8. The molecule has 1 saturated carbocycles. The van der Waals surface area contributed by atoms with Gasteiger partial charge >= 0.3 is 0 Å². The van der Waals surface area contributed by atoms with Gasteiger partial charge in [-0.05, 0) is 62.4 Å². The Kier molecular flexibility index (Phi) is 6.14. The van der Waals surface area contributed by atoms with Crippen LogP contribution in [0.4, 0.5) is 0 Å². The van der Waals surface area contributed by atoms with Gasteiger partial charge in [0.05, 0.1) is 0 Å². The second kappa shape index (κ2) is 7.46. The molecular weight excluding hydrogens is 256 g/mol. The van der Waals surface area contributed by atoms with Crippen LogP contribution in [0.1, 0.15) is 79.1 Å². The molecule has 2 fully saturated rings. The molecule has 1 heterocycles. The van der Waals surface area contributed by atoms with E-state index in [-0.39, 0.29) is 0 Å². The minimum absolute atomic E-state index is 0.414. The van der Waals surface area contributed by atoms with E-state index in [1.807, 2.05) is 0 Å². The number of piperidine rings is 1. The molecule has 1 aliphatic carbocycles. The molecule has 124 valence electrons. The summed E-state index contributed by atoms with van der Waals surface area (Å²) in [6, 6.07) is 1.06. The van der Waals surface area contributed by atoms with Gasteiger partial charge in [-0.2, -0.15) is 0 Å². The zero-order chi connectivity index (χ0) is 15.5. The minimum atomic E-state index is 0.414. The molecule has 0 aromatic carbocycles. The predicted molar refractivity (Wildman–Crippen MR) is 92.4 cm³/mol. The molecule has 1 saturated heterocycles. The summed E-state index contributed by atoms with van der Waals surface area (Å²) in [6.45, 7) is 12.2. The van der Waals surface area contributed by atoms with E-state index in [4.69, 9.17) is 5.73 Å². The fourth-order valence-corrected chi connectivity index (χ4v) is 4.57. The van der Waals surface area contributed by atoms with Crippen LogP contribution >= 0.6 is 0 Å². The maximum absolute atomic E-state index is 6.51. The summed E-state index contributed by atoms with van der Waals surface area (Å²) in [5, 5.41) is 0. The van der Waals surface area contributed by atoms with Crippen molar-refractivity contribution in [3.63, 3.8) is 0 Å². The summed E-state index contributed by atoms with van der Waals surface area (Å²) in [5.74, 6) is 1.84. The van der Waals surface area contributed by atoms with Gasteiger partial charge in [0.1, 0.15) is 0 Å². The quantitative estimate of drug-likeness (QED) is 0.812. The smallest absolute Gasteiger partial charge is 0.0250 e. The molecule has 0 bridgehead atoms. The maximum Gasteiger partial charge on any atom is 0.0250 e. The highest BCUT2D eigenvalue weighted by Gasteiger charge is 2.39. The SMILES string of the molecule is CCCC1CCN(C2CC(C(C)(C)CC)CCC2N)CC1. The molecule has 3 unspecified atom stereocenters. The third-order valence-electron chi connectivity index (χ3n) is 6.70. The Labute approximate surface area is 132 Å². The fourth-order valence-electron chi connectivity index (χ4n) is 4.57. The number of nitrogens with zero attached hydrogens (tertiary/aromatic N) is 1. The maximum atomic E-state index is 6.51. The molecule has 2 N–H and O–H groups in total. The van der Waals surface area contributed by atoms with Crippen LogP contribution in [0.25, 0.3) is 0 Å². The fraction of sp³-hybridized carbons (Fsp3) is 1.00. The van der Waals surface area contributed by atoms with Gasteiger partial charge in [0.15, 0.2) is 0 Å². The number of rotatable bonds is 5. The van der Waals surface area contributed by atoms with Crippen molar-refractivity contribution in [2.24, 2.45) is 23.0 Å². The highest BCUT2D eigenvalue weighted by Crippen LogP contribution is 2.42. The second-order valence-corrected chi connectivity index (χ2v) is 8.35. The van der Waals surface area contributed by atoms with Crippen LogP contribution in [0, 0.1) is 17.3 Å². The number of likely N-dealkylation sites (tertiary alicyclic amines) is 1. The van der Waals surface area contributed by atoms with Crippen LogP contribution in [0.3, 0.4) is 0 Å². The van der Waals surface area contributed by atoms with Crippen LogP contribution < -0.4 is 5.73 Å². The van der Waals surface area contributed by atoms with Crippen molar-refractivity contribution in [1.82, 2.24) is 4.90 Å². The second-order valence-electron chi connectivity index (χ2n) is 8.35. The highest BCUT2D eigenvalue weighted by atomic mass is 15.2. The molecule has 2 heteroatoms. The Balaban J connectivity index is 1.92. The van der Waals surface area contributed by atoms with Crippen LogP contribution in [0.5, 0.6) is 0 Å². The first-order chi connectivity index (χ1) is 9.97. The first-order valence-corrected chi connectivity index (χ1v) is 9.47. The van der Waals surface area contributed by atoms with E-state index in [0.29, 0.717) is 17.5 Å². The molecule has 1 aliphatic heterocycles. The van der Waals surface area contributed by atoms with Crippen LogP contribution in [0.15, 0.2) is 0 Å². The molecule has 21 heavy (non-hydrogen) atoms. The lowest BCUT2D eigenvalue weighted by Gasteiger charge is -2.47. The van der Waals surface area contributed by atoms with E-state index in [1.54, 1.807) is 0 Å². The molecule has 0 aromatic rings. The third kappa shape index (κ3) is 4.22. The van der Waals surface area contributed by atoms with Crippen molar-refractivity contribution in [3.8, 4) is 0 Å². The lowest BCUT2D eigenvalue weighted by Crippen LogP contribution is -2.54. The molecule has 2 nitrogen and oxygen atoms in total. The highest BCUT2D eigenvalue weighted by molar-refractivity contribution is 4.94. The van der Waals surface area contributed by atoms with E-state index in [2.05, 4.69) is 32.6 Å². The summed E-state index contributed by atoms with van der Waals surface area (Å²) in [5.41, 5.74) is 6.99. The van der Waals surface area contributed by atoms with E-state index < -0.39 is 0 Å². The zero-order valence-electron chi connectivity index (χ0n) is 14.9. The van der Waals surface area contributed by atoms with E-state index in [0.717, 1.165) is 11.8 Å². The molecule has 0 spiro atoms. The molecule has 0 radical (unpaired) electrons.